The molecule has 0 radical (unpaired) electrons. The molecule has 1 unspecified atom stereocenters. The highest BCUT2D eigenvalue weighted by molar-refractivity contribution is 7.87. The van der Waals surface area contributed by atoms with E-state index in [1.165, 1.54) is 17.4 Å². The van der Waals surface area contributed by atoms with E-state index in [1.54, 1.807) is 25.1 Å². The third-order valence-electron chi connectivity index (χ3n) is 3.01. The molecule has 0 aliphatic heterocycles. The van der Waals surface area contributed by atoms with Gasteiger partial charge in [0.2, 0.25) is 0 Å². The van der Waals surface area contributed by atoms with Crippen molar-refractivity contribution in [2.24, 2.45) is 0 Å². The van der Waals surface area contributed by atoms with Crippen LogP contribution in [0.3, 0.4) is 0 Å². The van der Waals surface area contributed by atoms with Crippen LogP contribution >= 0.6 is 0 Å². The average molecular weight is 303 g/mol. The third kappa shape index (κ3) is 4.82. The molecule has 1 aromatic carbocycles. The van der Waals surface area contributed by atoms with Crippen LogP contribution in [0, 0.1) is 5.82 Å². The van der Waals surface area contributed by atoms with Crippen LogP contribution in [0.5, 0.6) is 0 Å². The molecule has 0 aliphatic carbocycles. The van der Waals surface area contributed by atoms with Gasteiger partial charge < -0.3 is 5.32 Å². The first kappa shape index (κ1) is 17.0. The van der Waals surface area contributed by atoms with Gasteiger partial charge in [0.25, 0.3) is 10.2 Å². The molecule has 1 atom stereocenters. The highest BCUT2D eigenvalue weighted by atomic mass is 32.2. The van der Waals surface area contributed by atoms with Gasteiger partial charge in [-0.2, -0.15) is 17.4 Å². The van der Waals surface area contributed by atoms with Crippen molar-refractivity contribution in [1.29, 1.82) is 0 Å². The van der Waals surface area contributed by atoms with E-state index in [0.717, 1.165) is 6.54 Å². The van der Waals surface area contributed by atoms with E-state index in [0.29, 0.717) is 18.5 Å². The van der Waals surface area contributed by atoms with Gasteiger partial charge in [0.15, 0.2) is 0 Å². The van der Waals surface area contributed by atoms with Gasteiger partial charge in [-0.1, -0.05) is 18.2 Å². The van der Waals surface area contributed by atoms with Crippen molar-refractivity contribution >= 4 is 10.2 Å². The average Bonchev–Trinajstić information content (AvgIpc) is 2.38. The fourth-order valence-corrected chi connectivity index (χ4v) is 2.92. The zero-order valence-electron chi connectivity index (χ0n) is 12.1. The maximum Gasteiger partial charge on any atom is 0.279 e. The molecule has 7 heteroatoms. The molecule has 20 heavy (non-hydrogen) atoms. The summed E-state index contributed by atoms with van der Waals surface area (Å²) < 4.78 is 41.5. The fourth-order valence-electron chi connectivity index (χ4n) is 1.80. The predicted octanol–water partition coefficient (Wildman–Crippen LogP) is 1.26. The Morgan fingerprint density at radius 3 is 2.60 bits per heavy atom. The van der Waals surface area contributed by atoms with Crippen molar-refractivity contribution in [3.8, 4) is 0 Å². The number of nitrogens with zero attached hydrogens (tertiary/aromatic N) is 1. The molecule has 1 rings (SSSR count). The first-order valence-electron chi connectivity index (χ1n) is 6.51. The van der Waals surface area contributed by atoms with Crippen LogP contribution in [-0.2, 0) is 10.2 Å². The number of nitrogens with one attached hydrogen (secondary N) is 2. The van der Waals surface area contributed by atoms with Gasteiger partial charge in [-0.25, -0.2) is 4.39 Å². The highest BCUT2D eigenvalue weighted by Gasteiger charge is 2.21. The van der Waals surface area contributed by atoms with Crippen LogP contribution < -0.4 is 10.0 Å². The Morgan fingerprint density at radius 2 is 2.00 bits per heavy atom. The lowest BCUT2D eigenvalue weighted by atomic mass is 10.1. The minimum Gasteiger partial charge on any atom is -0.320 e. The zero-order valence-corrected chi connectivity index (χ0v) is 12.9. The van der Waals surface area contributed by atoms with E-state index in [4.69, 9.17) is 0 Å². The first-order valence-corrected chi connectivity index (χ1v) is 7.95. The molecule has 2 N–H and O–H groups in total. The smallest absolute Gasteiger partial charge is 0.279 e. The van der Waals surface area contributed by atoms with E-state index in [1.807, 2.05) is 7.05 Å². The van der Waals surface area contributed by atoms with Gasteiger partial charge in [0.05, 0.1) is 0 Å². The van der Waals surface area contributed by atoms with Crippen LogP contribution in [0.25, 0.3) is 0 Å². The van der Waals surface area contributed by atoms with Crippen LogP contribution in [0.4, 0.5) is 4.39 Å². The summed E-state index contributed by atoms with van der Waals surface area (Å²) in [6.07, 6.45) is 0.710. The Kier molecular flexibility index (Phi) is 6.54. The Hall–Kier alpha value is -1.02. The lowest BCUT2D eigenvalue weighted by Gasteiger charge is -2.21. The predicted molar refractivity (Wildman–Crippen MR) is 78.0 cm³/mol. The number of halogens is 1. The number of benzene rings is 1. The molecule has 0 saturated carbocycles. The molecule has 0 heterocycles. The fraction of sp³-hybridized carbons (Fsp3) is 0.538. The van der Waals surface area contributed by atoms with Crippen LogP contribution in [0.15, 0.2) is 24.3 Å². The summed E-state index contributed by atoms with van der Waals surface area (Å²) in [6, 6.07) is 5.53. The van der Waals surface area contributed by atoms with E-state index in [2.05, 4.69) is 10.0 Å². The number of hydrogen-bond donors (Lipinski definition) is 2. The molecule has 5 nitrogen and oxygen atoms in total. The monoisotopic (exact) mass is 303 g/mol. The normalized spacial score (nSPS) is 13.7. The molecule has 114 valence electrons. The Morgan fingerprint density at radius 1 is 1.35 bits per heavy atom. The zero-order chi connectivity index (χ0) is 15.2. The van der Waals surface area contributed by atoms with Gasteiger partial charge in [-0.3, -0.25) is 0 Å². The van der Waals surface area contributed by atoms with Crippen molar-refractivity contribution in [3.63, 3.8) is 0 Å². The van der Waals surface area contributed by atoms with Gasteiger partial charge >= 0.3 is 0 Å². The second-order valence-electron chi connectivity index (χ2n) is 4.64. The van der Waals surface area contributed by atoms with E-state index >= 15 is 0 Å². The van der Waals surface area contributed by atoms with Crippen LogP contribution in [-0.4, -0.2) is 39.9 Å². The minimum atomic E-state index is -3.62. The standard InChI is InChI=1S/C13H22FN3O2S/c1-11(12-7-4-5-8-13(12)14)16-20(18,19)17(3)10-6-9-15-2/h4-5,7-8,11,15-16H,6,9-10H2,1-3H3. The Bertz CT molecular complexity index is 522. The molecule has 0 bridgehead atoms. The second-order valence-corrected chi connectivity index (χ2v) is 6.45. The van der Waals surface area contributed by atoms with E-state index < -0.39 is 22.1 Å². The quantitative estimate of drug-likeness (QED) is 0.711. The summed E-state index contributed by atoms with van der Waals surface area (Å²) in [4.78, 5) is 0. The molecule has 0 fully saturated rings. The molecule has 0 aliphatic rings. The second kappa shape index (κ2) is 7.68. The molecule has 0 amide bonds. The van der Waals surface area contributed by atoms with Gasteiger partial charge in [-0.15, -0.1) is 0 Å². The minimum absolute atomic E-state index is 0.333. The Balaban J connectivity index is 2.68. The van der Waals surface area contributed by atoms with Crippen molar-refractivity contribution < 1.29 is 12.8 Å². The van der Waals surface area contributed by atoms with Gasteiger partial charge in [0, 0.05) is 25.2 Å². The van der Waals surface area contributed by atoms with Gasteiger partial charge in [0.1, 0.15) is 5.82 Å². The Labute approximate surface area is 120 Å². The number of hydrogen-bond acceptors (Lipinski definition) is 3. The van der Waals surface area contributed by atoms with Crippen LogP contribution in [0.1, 0.15) is 24.9 Å². The summed E-state index contributed by atoms with van der Waals surface area (Å²) >= 11 is 0. The molecule has 0 saturated heterocycles. The largest absolute Gasteiger partial charge is 0.320 e. The molecular formula is C13H22FN3O2S. The topological polar surface area (TPSA) is 61.4 Å². The van der Waals surface area contributed by atoms with E-state index in [9.17, 15) is 12.8 Å². The van der Waals surface area contributed by atoms with Crippen molar-refractivity contribution in [1.82, 2.24) is 14.3 Å². The summed E-state index contributed by atoms with van der Waals surface area (Å²) in [5.41, 5.74) is 0.333. The van der Waals surface area contributed by atoms with E-state index in [-0.39, 0.29) is 0 Å². The van der Waals surface area contributed by atoms with Crippen molar-refractivity contribution in [3.05, 3.63) is 35.6 Å². The maximum atomic E-state index is 13.6. The maximum absolute atomic E-state index is 13.6. The molecular weight excluding hydrogens is 281 g/mol. The molecule has 0 aromatic heterocycles. The lowest BCUT2D eigenvalue weighted by Crippen LogP contribution is -2.40. The summed E-state index contributed by atoms with van der Waals surface area (Å²) in [5, 5.41) is 2.96. The molecule has 0 spiro atoms. The number of rotatable bonds is 8. The lowest BCUT2D eigenvalue weighted by molar-refractivity contribution is 0.440. The first-order chi connectivity index (χ1) is 9.38. The van der Waals surface area contributed by atoms with Crippen LogP contribution in [0.2, 0.25) is 0 Å². The summed E-state index contributed by atoms with van der Waals surface area (Å²) in [5.74, 6) is -0.416. The highest BCUT2D eigenvalue weighted by Crippen LogP contribution is 2.17. The van der Waals surface area contributed by atoms with Gasteiger partial charge in [-0.05, 0) is 33.0 Å². The van der Waals surface area contributed by atoms with Crippen molar-refractivity contribution in [2.75, 3.05) is 27.2 Å². The summed E-state index contributed by atoms with van der Waals surface area (Å²) in [7, 11) is -0.297. The summed E-state index contributed by atoms with van der Waals surface area (Å²) in [6.45, 7) is 2.76. The third-order valence-corrected chi connectivity index (χ3v) is 4.66. The molecule has 1 aromatic rings. The SMILES string of the molecule is CNCCCN(C)S(=O)(=O)NC(C)c1ccccc1F. The van der Waals surface area contributed by atoms with Crippen molar-refractivity contribution in [2.45, 2.75) is 19.4 Å².